The highest BCUT2D eigenvalue weighted by atomic mass is 16.3. The van der Waals surface area contributed by atoms with E-state index in [4.69, 9.17) is 0 Å². The first-order valence-electron chi connectivity index (χ1n) is 11.3. The SMILES string of the molecule is CCCC/C=C/CCCCCCCCCCC1NC=C[N+]1(CC)C(C)O. The van der Waals surface area contributed by atoms with Crippen LogP contribution >= 0.6 is 0 Å². The molecule has 3 unspecified atom stereocenters. The zero-order chi connectivity index (χ0) is 19.1. The Kier molecular flexibility index (Phi) is 12.8. The van der Waals surface area contributed by atoms with Gasteiger partial charge in [-0.1, -0.05) is 70.4 Å². The summed E-state index contributed by atoms with van der Waals surface area (Å²) < 4.78 is 0.674. The first-order valence-corrected chi connectivity index (χ1v) is 11.3. The maximum Gasteiger partial charge on any atom is 0.193 e. The minimum Gasteiger partial charge on any atom is -0.345 e. The molecule has 0 fully saturated rings. The summed E-state index contributed by atoms with van der Waals surface area (Å²) in [5, 5.41) is 13.6. The van der Waals surface area contributed by atoms with Gasteiger partial charge in [-0.2, -0.15) is 0 Å². The molecule has 0 amide bonds. The molecule has 0 bridgehead atoms. The van der Waals surface area contributed by atoms with Crippen molar-refractivity contribution in [2.45, 2.75) is 117 Å². The Labute approximate surface area is 163 Å². The molecule has 3 nitrogen and oxygen atoms in total. The van der Waals surface area contributed by atoms with Crippen molar-refractivity contribution in [2.24, 2.45) is 0 Å². The summed E-state index contributed by atoms with van der Waals surface area (Å²) in [6.45, 7) is 7.27. The van der Waals surface area contributed by atoms with Crippen molar-refractivity contribution in [3.63, 3.8) is 0 Å². The van der Waals surface area contributed by atoms with E-state index in [1.54, 1.807) is 0 Å². The Morgan fingerprint density at radius 3 is 2.08 bits per heavy atom. The number of allylic oxidation sites excluding steroid dienone is 2. The zero-order valence-electron chi connectivity index (χ0n) is 17.8. The van der Waals surface area contributed by atoms with Crippen LogP contribution in [0.2, 0.25) is 0 Å². The maximum absolute atomic E-state index is 10.2. The van der Waals surface area contributed by atoms with E-state index in [1.807, 2.05) is 13.1 Å². The van der Waals surface area contributed by atoms with E-state index in [-0.39, 0.29) is 6.23 Å². The summed E-state index contributed by atoms with van der Waals surface area (Å²) in [5.41, 5.74) is 0. The summed E-state index contributed by atoms with van der Waals surface area (Å²) in [7, 11) is 0. The summed E-state index contributed by atoms with van der Waals surface area (Å²) in [5.74, 6) is 0. The van der Waals surface area contributed by atoms with Gasteiger partial charge in [0.2, 0.25) is 0 Å². The molecule has 0 aromatic heterocycles. The predicted octanol–water partition coefficient (Wildman–Crippen LogP) is 6.21. The van der Waals surface area contributed by atoms with Crippen LogP contribution in [0, 0.1) is 0 Å². The second kappa shape index (κ2) is 14.3. The molecular formula is C23H45N2O+. The van der Waals surface area contributed by atoms with Gasteiger partial charge >= 0.3 is 0 Å². The van der Waals surface area contributed by atoms with Crippen molar-refractivity contribution in [3.05, 3.63) is 24.6 Å². The lowest BCUT2D eigenvalue weighted by Crippen LogP contribution is -2.57. The topological polar surface area (TPSA) is 32.3 Å². The summed E-state index contributed by atoms with van der Waals surface area (Å²) in [6, 6.07) is 0. The van der Waals surface area contributed by atoms with Gasteiger partial charge in [-0.15, -0.1) is 0 Å². The lowest BCUT2D eigenvalue weighted by atomic mass is 10.0. The highest BCUT2D eigenvalue weighted by Crippen LogP contribution is 2.25. The lowest BCUT2D eigenvalue weighted by molar-refractivity contribution is -0.942. The van der Waals surface area contributed by atoms with Crippen LogP contribution in [0.5, 0.6) is 0 Å². The van der Waals surface area contributed by atoms with Gasteiger partial charge < -0.3 is 10.4 Å². The molecule has 1 rings (SSSR count). The van der Waals surface area contributed by atoms with E-state index < -0.39 is 0 Å². The predicted molar refractivity (Wildman–Crippen MR) is 113 cm³/mol. The summed E-state index contributed by atoms with van der Waals surface area (Å²) in [6.07, 6.45) is 26.1. The van der Waals surface area contributed by atoms with Gasteiger partial charge in [-0.3, -0.25) is 4.48 Å². The normalized spacial score (nSPS) is 23.6. The van der Waals surface area contributed by atoms with E-state index in [0.717, 1.165) is 13.0 Å². The molecule has 2 N–H and O–H groups in total. The van der Waals surface area contributed by atoms with E-state index >= 15 is 0 Å². The Morgan fingerprint density at radius 2 is 1.50 bits per heavy atom. The summed E-state index contributed by atoms with van der Waals surface area (Å²) in [4.78, 5) is 0. The molecule has 1 aliphatic heterocycles. The molecular weight excluding hydrogens is 320 g/mol. The van der Waals surface area contributed by atoms with Crippen molar-refractivity contribution >= 4 is 0 Å². The third kappa shape index (κ3) is 8.26. The Bertz CT molecular complexity index is 392. The van der Waals surface area contributed by atoms with Crippen LogP contribution in [0.15, 0.2) is 24.6 Å². The second-order valence-electron chi connectivity index (χ2n) is 7.96. The third-order valence-corrected chi connectivity index (χ3v) is 5.95. The molecule has 0 aliphatic carbocycles. The molecule has 0 aromatic carbocycles. The Morgan fingerprint density at radius 1 is 0.923 bits per heavy atom. The largest absolute Gasteiger partial charge is 0.345 e. The Hall–Kier alpha value is -0.800. The molecule has 0 radical (unpaired) electrons. The second-order valence-corrected chi connectivity index (χ2v) is 7.96. The number of nitrogens with one attached hydrogen (secondary N) is 1. The first kappa shape index (κ1) is 23.2. The van der Waals surface area contributed by atoms with Gasteiger partial charge in [-0.25, -0.2) is 0 Å². The fraction of sp³-hybridized carbons (Fsp3) is 0.826. The van der Waals surface area contributed by atoms with Crippen LogP contribution in [-0.2, 0) is 0 Å². The molecule has 0 aromatic rings. The van der Waals surface area contributed by atoms with E-state index in [0.29, 0.717) is 10.6 Å². The average molecular weight is 366 g/mol. The van der Waals surface area contributed by atoms with Gasteiger partial charge in [0.25, 0.3) is 0 Å². The quantitative estimate of drug-likeness (QED) is 0.194. The van der Waals surface area contributed by atoms with E-state index in [1.165, 1.54) is 77.0 Å². The van der Waals surface area contributed by atoms with Gasteiger partial charge in [0, 0.05) is 13.3 Å². The molecule has 0 saturated heterocycles. The van der Waals surface area contributed by atoms with Crippen molar-refractivity contribution in [1.29, 1.82) is 0 Å². The van der Waals surface area contributed by atoms with Gasteiger partial charge in [0.15, 0.2) is 12.4 Å². The first-order chi connectivity index (χ1) is 12.7. The van der Waals surface area contributed by atoms with Crippen molar-refractivity contribution < 1.29 is 9.59 Å². The highest BCUT2D eigenvalue weighted by molar-refractivity contribution is 4.84. The van der Waals surface area contributed by atoms with Gasteiger partial charge in [-0.05, 0) is 32.6 Å². The van der Waals surface area contributed by atoms with Crippen LogP contribution < -0.4 is 5.32 Å². The van der Waals surface area contributed by atoms with E-state index in [9.17, 15) is 5.11 Å². The van der Waals surface area contributed by atoms with E-state index in [2.05, 4.69) is 37.5 Å². The molecule has 3 heteroatoms. The zero-order valence-corrected chi connectivity index (χ0v) is 17.8. The van der Waals surface area contributed by atoms with Crippen LogP contribution in [0.1, 0.15) is 104 Å². The standard InChI is InChI=1S/C23H45N2O/c1-4-6-7-8-9-10-11-12-13-14-15-16-17-18-19-23-24-20-21-25(23,5-2)22(3)26/h8-9,20-24,26H,4-7,10-19H2,1-3H3/q+1/b9-8+. The fourth-order valence-corrected chi connectivity index (χ4v) is 4.05. The van der Waals surface area contributed by atoms with Crippen molar-refractivity contribution in [2.75, 3.05) is 6.54 Å². The number of aliphatic hydroxyl groups is 1. The molecule has 1 aliphatic rings. The smallest absolute Gasteiger partial charge is 0.193 e. The molecule has 0 saturated carbocycles. The van der Waals surface area contributed by atoms with Gasteiger partial charge in [0.1, 0.15) is 6.20 Å². The van der Waals surface area contributed by atoms with Crippen LogP contribution in [0.25, 0.3) is 0 Å². The molecule has 152 valence electrons. The minimum atomic E-state index is -0.335. The lowest BCUT2D eigenvalue weighted by Gasteiger charge is -2.39. The monoisotopic (exact) mass is 365 g/mol. The number of unbranched alkanes of at least 4 members (excludes halogenated alkanes) is 10. The number of hydrogen-bond acceptors (Lipinski definition) is 2. The molecule has 3 atom stereocenters. The highest BCUT2D eigenvalue weighted by Gasteiger charge is 2.40. The number of quaternary nitrogens is 1. The molecule has 1 heterocycles. The van der Waals surface area contributed by atoms with Crippen molar-refractivity contribution in [1.82, 2.24) is 5.32 Å². The molecule has 26 heavy (non-hydrogen) atoms. The van der Waals surface area contributed by atoms with Crippen LogP contribution in [0.4, 0.5) is 0 Å². The maximum atomic E-state index is 10.2. The van der Waals surface area contributed by atoms with Crippen LogP contribution in [0.3, 0.4) is 0 Å². The summed E-state index contributed by atoms with van der Waals surface area (Å²) >= 11 is 0. The van der Waals surface area contributed by atoms with Crippen molar-refractivity contribution in [3.8, 4) is 0 Å². The van der Waals surface area contributed by atoms with Gasteiger partial charge in [0.05, 0.1) is 12.7 Å². The average Bonchev–Trinajstić information content (AvgIpc) is 3.06. The number of hydrogen-bond donors (Lipinski definition) is 2. The number of rotatable bonds is 16. The van der Waals surface area contributed by atoms with Crippen LogP contribution in [-0.4, -0.2) is 28.5 Å². The third-order valence-electron chi connectivity index (χ3n) is 5.95. The minimum absolute atomic E-state index is 0.335. The Balaban J connectivity index is 1.94. The number of nitrogens with zero attached hydrogens (tertiary/aromatic N) is 1. The number of aliphatic hydroxyl groups excluding tert-OH is 1. The fourth-order valence-electron chi connectivity index (χ4n) is 4.05. The molecule has 0 spiro atoms.